The van der Waals surface area contributed by atoms with Crippen molar-refractivity contribution in [3.8, 4) is 0 Å². The van der Waals surface area contributed by atoms with Crippen LogP contribution in [-0.2, 0) is 4.79 Å². The summed E-state index contributed by atoms with van der Waals surface area (Å²) in [5.41, 5.74) is 1.07. The van der Waals surface area contributed by atoms with Crippen LogP contribution in [0.5, 0.6) is 0 Å². The third-order valence-corrected chi connectivity index (χ3v) is 3.70. The van der Waals surface area contributed by atoms with E-state index in [1.54, 1.807) is 11.8 Å². The SMILES string of the molecule is CC(=O)N1CC(C)(C)CN=C1c1ccc(I)cc1. The van der Waals surface area contributed by atoms with E-state index < -0.39 is 0 Å². The molecule has 96 valence electrons. The molecule has 0 saturated carbocycles. The molecule has 1 heterocycles. The highest BCUT2D eigenvalue weighted by Gasteiger charge is 2.31. The van der Waals surface area contributed by atoms with Gasteiger partial charge in [0, 0.05) is 34.6 Å². The van der Waals surface area contributed by atoms with E-state index in [0.717, 1.165) is 24.5 Å². The van der Waals surface area contributed by atoms with Gasteiger partial charge in [-0.1, -0.05) is 26.0 Å². The molecule has 0 aromatic heterocycles. The molecule has 1 aliphatic rings. The molecule has 0 aliphatic carbocycles. The van der Waals surface area contributed by atoms with Crippen molar-refractivity contribution >= 4 is 34.3 Å². The lowest BCUT2D eigenvalue weighted by molar-refractivity contribution is -0.126. The number of halogens is 1. The van der Waals surface area contributed by atoms with Crippen molar-refractivity contribution in [3.05, 3.63) is 33.4 Å². The number of benzene rings is 1. The molecule has 1 aromatic rings. The Hall–Kier alpha value is -0.910. The van der Waals surface area contributed by atoms with Gasteiger partial charge in [-0.3, -0.25) is 14.7 Å². The van der Waals surface area contributed by atoms with Crippen molar-refractivity contribution in [2.75, 3.05) is 13.1 Å². The van der Waals surface area contributed by atoms with E-state index in [9.17, 15) is 4.79 Å². The van der Waals surface area contributed by atoms with Crippen LogP contribution in [0, 0.1) is 8.99 Å². The number of hydrogen-bond donors (Lipinski definition) is 0. The van der Waals surface area contributed by atoms with Crippen molar-refractivity contribution in [1.82, 2.24) is 4.90 Å². The van der Waals surface area contributed by atoms with Gasteiger partial charge in [-0.05, 0) is 34.7 Å². The van der Waals surface area contributed by atoms with Crippen LogP contribution in [0.25, 0.3) is 0 Å². The fraction of sp³-hybridized carbons (Fsp3) is 0.429. The number of aliphatic imine (C=N–C) groups is 1. The molecular formula is C14H17IN2O. The number of nitrogens with zero attached hydrogens (tertiary/aromatic N) is 2. The van der Waals surface area contributed by atoms with E-state index in [-0.39, 0.29) is 11.3 Å². The van der Waals surface area contributed by atoms with Gasteiger partial charge in [0.1, 0.15) is 5.84 Å². The zero-order valence-electron chi connectivity index (χ0n) is 10.9. The predicted molar refractivity (Wildman–Crippen MR) is 81.7 cm³/mol. The molecule has 0 saturated heterocycles. The van der Waals surface area contributed by atoms with Gasteiger partial charge in [0.25, 0.3) is 0 Å². The summed E-state index contributed by atoms with van der Waals surface area (Å²) in [6.07, 6.45) is 0. The lowest BCUT2D eigenvalue weighted by Gasteiger charge is -2.36. The third-order valence-electron chi connectivity index (χ3n) is 2.98. The fourth-order valence-corrected chi connectivity index (χ4v) is 2.39. The highest BCUT2D eigenvalue weighted by Crippen LogP contribution is 2.24. The van der Waals surface area contributed by atoms with Crippen LogP contribution in [0.2, 0.25) is 0 Å². The molecule has 0 atom stereocenters. The zero-order valence-corrected chi connectivity index (χ0v) is 13.1. The zero-order chi connectivity index (χ0) is 13.3. The molecular weight excluding hydrogens is 339 g/mol. The molecule has 1 amide bonds. The molecule has 0 radical (unpaired) electrons. The van der Waals surface area contributed by atoms with Crippen molar-refractivity contribution in [2.45, 2.75) is 20.8 Å². The van der Waals surface area contributed by atoms with Crippen LogP contribution in [-0.4, -0.2) is 29.7 Å². The highest BCUT2D eigenvalue weighted by molar-refractivity contribution is 14.1. The second kappa shape index (κ2) is 4.99. The molecule has 2 rings (SSSR count). The number of hydrogen-bond acceptors (Lipinski definition) is 2. The van der Waals surface area contributed by atoms with Crippen LogP contribution in [0.4, 0.5) is 0 Å². The molecule has 0 spiro atoms. The minimum atomic E-state index is 0.0539. The Labute approximate surface area is 121 Å². The van der Waals surface area contributed by atoms with E-state index >= 15 is 0 Å². The first-order chi connectivity index (χ1) is 8.39. The third kappa shape index (κ3) is 2.91. The summed E-state index contributed by atoms with van der Waals surface area (Å²) in [5, 5.41) is 0. The minimum Gasteiger partial charge on any atom is -0.296 e. The second-order valence-electron chi connectivity index (χ2n) is 5.42. The average molecular weight is 356 g/mol. The maximum absolute atomic E-state index is 11.8. The number of carbonyl (C=O) groups is 1. The summed E-state index contributed by atoms with van der Waals surface area (Å²) in [6, 6.07) is 8.12. The Balaban J connectivity index is 2.38. The van der Waals surface area contributed by atoms with E-state index in [1.807, 2.05) is 24.3 Å². The van der Waals surface area contributed by atoms with Crippen LogP contribution < -0.4 is 0 Å². The average Bonchev–Trinajstić information content (AvgIpc) is 2.29. The van der Waals surface area contributed by atoms with Crippen molar-refractivity contribution in [3.63, 3.8) is 0 Å². The summed E-state index contributed by atoms with van der Waals surface area (Å²) >= 11 is 2.27. The van der Waals surface area contributed by atoms with Gasteiger partial charge in [-0.15, -0.1) is 0 Å². The summed E-state index contributed by atoms with van der Waals surface area (Å²) in [6.45, 7) is 7.36. The van der Waals surface area contributed by atoms with Gasteiger partial charge in [0.15, 0.2) is 0 Å². The van der Waals surface area contributed by atoms with Gasteiger partial charge in [0.05, 0.1) is 0 Å². The monoisotopic (exact) mass is 356 g/mol. The van der Waals surface area contributed by atoms with Crippen LogP contribution in [0.3, 0.4) is 0 Å². The van der Waals surface area contributed by atoms with Gasteiger partial charge in [0.2, 0.25) is 5.91 Å². The van der Waals surface area contributed by atoms with Crippen LogP contribution in [0.15, 0.2) is 29.3 Å². The highest BCUT2D eigenvalue weighted by atomic mass is 127. The van der Waals surface area contributed by atoms with Crippen molar-refractivity contribution in [2.24, 2.45) is 10.4 Å². The Bertz CT molecular complexity index is 491. The van der Waals surface area contributed by atoms with Gasteiger partial charge >= 0.3 is 0 Å². The summed E-state index contributed by atoms with van der Waals surface area (Å²) < 4.78 is 1.18. The maximum atomic E-state index is 11.8. The van der Waals surface area contributed by atoms with Crippen molar-refractivity contribution in [1.29, 1.82) is 0 Å². The first-order valence-corrected chi connectivity index (χ1v) is 7.05. The minimum absolute atomic E-state index is 0.0539. The molecule has 3 nitrogen and oxygen atoms in total. The van der Waals surface area contributed by atoms with E-state index in [0.29, 0.717) is 0 Å². The Kier molecular flexibility index (Phi) is 3.75. The largest absolute Gasteiger partial charge is 0.296 e. The lowest BCUT2D eigenvalue weighted by atomic mass is 9.90. The smallest absolute Gasteiger partial charge is 0.225 e. The topological polar surface area (TPSA) is 32.7 Å². The lowest BCUT2D eigenvalue weighted by Crippen LogP contribution is -2.47. The molecule has 1 aliphatic heterocycles. The second-order valence-corrected chi connectivity index (χ2v) is 6.66. The van der Waals surface area contributed by atoms with Gasteiger partial charge in [-0.2, -0.15) is 0 Å². The standard InChI is InChI=1S/C14H17IN2O/c1-10(18)17-9-14(2,3)8-16-13(17)11-4-6-12(15)7-5-11/h4-7H,8-9H2,1-3H3. The number of amidine groups is 1. The molecule has 0 unspecified atom stereocenters. The Morgan fingerprint density at radius 2 is 1.94 bits per heavy atom. The maximum Gasteiger partial charge on any atom is 0.225 e. The van der Waals surface area contributed by atoms with Crippen LogP contribution in [0.1, 0.15) is 26.3 Å². The van der Waals surface area contributed by atoms with E-state index in [1.165, 1.54) is 3.57 Å². The normalized spacial score (nSPS) is 18.4. The predicted octanol–water partition coefficient (Wildman–Crippen LogP) is 2.93. The van der Waals surface area contributed by atoms with E-state index in [4.69, 9.17) is 0 Å². The number of rotatable bonds is 1. The summed E-state index contributed by atoms with van der Waals surface area (Å²) in [7, 11) is 0. The molecule has 4 heteroatoms. The quantitative estimate of drug-likeness (QED) is 0.713. The molecule has 18 heavy (non-hydrogen) atoms. The Morgan fingerprint density at radius 3 is 2.50 bits per heavy atom. The first kappa shape index (κ1) is 13.5. The van der Waals surface area contributed by atoms with Crippen LogP contribution >= 0.6 is 22.6 Å². The number of carbonyl (C=O) groups excluding carboxylic acids is 1. The summed E-state index contributed by atoms with van der Waals surface area (Å²) in [5.74, 6) is 0.860. The first-order valence-electron chi connectivity index (χ1n) is 5.97. The molecule has 0 fully saturated rings. The fourth-order valence-electron chi connectivity index (χ4n) is 2.03. The Morgan fingerprint density at radius 1 is 1.33 bits per heavy atom. The molecule has 0 N–H and O–H groups in total. The van der Waals surface area contributed by atoms with E-state index in [2.05, 4.69) is 41.4 Å². The van der Waals surface area contributed by atoms with Crippen molar-refractivity contribution < 1.29 is 4.79 Å². The van der Waals surface area contributed by atoms with Gasteiger partial charge in [-0.25, -0.2) is 0 Å². The molecule has 1 aromatic carbocycles. The molecule has 0 bridgehead atoms. The van der Waals surface area contributed by atoms with Gasteiger partial charge < -0.3 is 0 Å². The summed E-state index contributed by atoms with van der Waals surface area (Å²) in [4.78, 5) is 18.2. The number of amides is 1.